The van der Waals surface area contributed by atoms with Gasteiger partial charge < -0.3 is 5.11 Å². The molecule has 3 aromatic rings. The molecule has 20 heavy (non-hydrogen) atoms. The first-order valence-electron chi connectivity index (χ1n) is 6.14. The van der Waals surface area contributed by atoms with Gasteiger partial charge in [0.2, 0.25) is 0 Å². The number of nitrogens with zero attached hydrogens (tertiary/aromatic N) is 1. The van der Waals surface area contributed by atoms with Crippen LogP contribution >= 0.6 is 23.1 Å². The second kappa shape index (κ2) is 5.52. The van der Waals surface area contributed by atoms with Crippen molar-refractivity contribution >= 4 is 33.3 Å². The number of aliphatic hydroxyl groups excluding tert-OH is 1. The highest BCUT2D eigenvalue weighted by Gasteiger charge is 2.13. The average molecular weight is 305 g/mol. The summed E-state index contributed by atoms with van der Waals surface area (Å²) in [6.07, 6.45) is -0.706. The SMILES string of the molecule is C[C@H](O)c1cc(F)ccc1Sc1nc2ccccc2s1. The highest BCUT2D eigenvalue weighted by molar-refractivity contribution is 8.01. The van der Waals surface area contributed by atoms with E-state index in [1.54, 1.807) is 24.3 Å². The minimum atomic E-state index is -0.706. The third kappa shape index (κ3) is 2.70. The Hall–Kier alpha value is -1.43. The fraction of sp³-hybridized carbons (Fsp3) is 0.133. The minimum Gasteiger partial charge on any atom is -0.389 e. The molecule has 0 saturated heterocycles. The lowest BCUT2D eigenvalue weighted by molar-refractivity contribution is 0.196. The van der Waals surface area contributed by atoms with Crippen LogP contribution in [0, 0.1) is 5.82 Å². The zero-order valence-electron chi connectivity index (χ0n) is 10.7. The highest BCUT2D eigenvalue weighted by Crippen LogP contribution is 2.37. The Morgan fingerprint density at radius 2 is 2.05 bits per heavy atom. The zero-order chi connectivity index (χ0) is 14.1. The van der Waals surface area contributed by atoms with Crippen LogP contribution in [0.5, 0.6) is 0 Å². The molecule has 0 aliphatic carbocycles. The number of aromatic nitrogens is 1. The fourth-order valence-corrected chi connectivity index (χ4v) is 4.15. The summed E-state index contributed by atoms with van der Waals surface area (Å²) in [5.74, 6) is -0.338. The molecule has 5 heteroatoms. The summed E-state index contributed by atoms with van der Waals surface area (Å²) in [5.41, 5.74) is 1.55. The van der Waals surface area contributed by atoms with Gasteiger partial charge in [0.05, 0.1) is 16.3 Å². The fourth-order valence-electron chi connectivity index (χ4n) is 1.93. The summed E-state index contributed by atoms with van der Waals surface area (Å²) in [7, 11) is 0. The number of fused-ring (bicyclic) bond motifs is 1. The van der Waals surface area contributed by atoms with Gasteiger partial charge in [0.15, 0.2) is 4.34 Å². The number of para-hydroxylation sites is 1. The number of thiazole rings is 1. The van der Waals surface area contributed by atoms with Gasteiger partial charge in [-0.2, -0.15) is 0 Å². The van der Waals surface area contributed by atoms with Crippen molar-refractivity contribution in [2.45, 2.75) is 22.3 Å². The van der Waals surface area contributed by atoms with Crippen LogP contribution in [0.25, 0.3) is 10.2 Å². The first-order chi connectivity index (χ1) is 9.63. The van der Waals surface area contributed by atoms with Crippen molar-refractivity contribution in [1.29, 1.82) is 0 Å². The molecule has 0 spiro atoms. The molecular weight excluding hydrogens is 293 g/mol. The summed E-state index contributed by atoms with van der Waals surface area (Å²) < 4.78 is 15.3. The Bertz CT molecular complexity index is 721. The molecule has 0 unspecified atom stereocenters. The Kier molecular flexibility index (Phi) is 3.74. The maximum atomic E-state index is 13.3. The van der Waals surface area contributed by atoms with Crippen molar-refractivity contribution < 1.29 is 9.50 Å². The molecular formula is C15H12FNOS2. The predicted octanol–water partition coefficient (Wildman–Crippen LogP) is 4.64. The van der Waals surface area contributed by atoms with Crippen molar-refractivity contribution in [3.05, 3.63) is 53.8 Å². The van der Waals surface area contributed by atoms with Gasteiger partial charge in [-0.25, -0.2) is 9.37 Å². The number of hydrogen-bond acceptors (Lipinski definition) is 4. The topological polar surface area (TPSA) is 33.1 Å². The summed E-state index contributed by atoms with van der Waals surface area (Å²) in [6.45, 7) is 1.64. The Morgan fingerprint density at radius 1 is 1.25 bits per heavy atom. The van der Waals surface area contributed by atoms with E-state index in [0.29, 0.717) is 5.56 Å². The molecule has 1 N–H and O–H groups in total. The summed E-state index contributed by atoms with van der Waals surface area (Å²) >= 11 is 3.05. The number of aliphatic hydroxyl groups is 1. The maximum absolute atomic E-state index is 13.3. The number of hydrogen-bond donors (Lipinski definition) is 1. The molecule has 0 saturated carbocycles. The van der Waals surface area contributed by atoms with Gasteiger partial charge in [-0.1, -0.05) is 23.9 Å². The first kappa shape index (κ1) is 13.5. The molecule has 0 aliphatic rings. The van der Waals surface area contributed by atoms with Crippen molar-refractivity contribution in [2.75, 3.05) is 0 Å². The summed E-state index contributed by atoms with van der Waals surface area (Å²) in [4.78, 5) is 5.37. The number of halogens is 1. The molecule has 0 radical (unpaired) electrons. The van der Waals surface area contributed by atoms with Gasteiger partial charge >= 0.3 is 0 Å². The predicted molar refractivity (Wildman–Crippen MR) is 80.8 cm³/mol. The molecule has 0 bridgehead atoms. The van der Waals surface area contributed by atoms with E-state index >= 15 is 0 Å². The zero-order valence-corrected chi connectivity index (χ0v) is 12.3. The van der Waals surface area contributed by atoms with Gasteiger partial charge in [-0.3, -0.25) is 0 Å². The third-order valence-corrected chi connectivity index (χ3v) is 5.08. The third-order valence-electron chi connectivity index (χ3n) is 2.89. The van der Waals surface area contributed by atoms with Crippen LogP contribution in [0.4, 0.5) is 4.39 Å². The lowest BCUT2D eigenvalue weighted by atomic mass is 10.1. The molecule has 1 aromatic heterocycles. The van der Waals surface area contributed by atoms with Crippen molar-refractivity contribution in [3.8, 4) is 0 Å². The first-order valence-corrected chi connectivity index (χ1v) is 7.78. The van der Waals surface area contributed by atoms with Crippen LogP contribution in [0.15, 0.2) is 51.7 Å². The smallest absolute Gasteiger partial charge is 0.155 e. The van der Waals surface area contributed by atoms with Crippen LogP contribution < -0.4 is 0 Å². The molecule has 0 amide bonds. The van der Waals surface area contributed by atoms with E-state index in [4.69, 9.17) is 0 Å². The highest BCUT2D eigenvalue weighted by atomic mass is 32.2. The molecule has 1 heterocycles. The van der Waals surface area contributed by atoms with E-state index < -0.39 is 6.10 Å². The molecule has 2 aromatic carbocycles. The monoisotopic (exact) mass is 305 g/mol. The van der Waals surface area contributed by atoms with E-state index in [2.05, 4.69) is 4.98 Å². The Morgan fingerprint density at radius 3 is 2.80 bits per heavy atom. The number of benzene rings is 2. The van der Waals surface area contributed by atoms with Crippen molar-refractivity contribution in [1.82, 2.24) is 4.98 Å². The van der Waals surface area contributed by atoms with Gasteiger partial charge in [0.25, 0.3) is 0 Å². The van der Waals surface area contributed by atoms with E-state index in [9.17, 15) is 9.50 Å². The minimum absolute atomic E-state index is 0.338. The van der Waals surface area contributed by atoms with E-state index in [0.717, 1.165) is 19.5 Å². The largest absolute Gasteiger partial charge is 0.389 e. The normalized spacial score (nSPS) is 12.8. The molecule has 1 atom stereocenters. The van der Waals surface area contributed by atoms with E-state index in [1.165, 1.54) is 23.9 Å². The van der Waals surface area contributed by atoms with Gasteiger partial charge in [-0.05, 0) is 42.8 Å². The standard InChI is InChI=1S/C15H12FNOS2/c1-9(18)11-8-10(16)6-7-13(11)19-15-17-12-4-2-3-5-14(12)20-15/h2-9,18H,1H3/t9-/m0/s1. The second-order valence-electron chi connectivity index (χ2n) is 4.41. The molecule has 2 nitrogen and oxygen atoms in total. The molecule has 0 fully saturated rings. The molecule has 3 rings (SSSR count). The van der Waals surface area contributed by atoms with Crippen LogP contribution in [0.2, 0.25) is 0 Å². The Balaban J connectivity index is 1.98. The number of rotatable bonds is 3. The second-order valence-corrected chi connectivity index (χ2v) is 6.73. The maximum Gasteiger partial charge on any atom is 0.155 e. The molecule has 102 valence electrons. The summed E-state index contributed by atoms with van der Waals surface area (Å²) in [6, 6.07) is 12.4. The lowest BCUT2D eigenvalue weighted by Crippen LogP contribution is -1.95. The van der Waals surface area contributed by atoms with Crippen LogP contribution in [-0.2, 0) is 0 Å². The van der Waals surface area contributed by atoms with Gasteiger partial charge in [0, 0.05) is 4.90 Å². The van der Waals surface area contributed by atoms with E-state index in [1.807, 2.05) is 24.3 Å². The van der Waals surface area contributed by atoms with Crippen molar-refractivity contribution in [3.63, 3.8) is 0 Å². The van der Waals surface area contributed by atoms with Gasteiger partial charge in [-0.15, -0.1) is 11.3 Å². The molecule has 0 aliphatic heterocycles. The lowest BCUT2D eigenvalue weighted by Gasteiger charge is -2.10. The van der Waals surface area contributed by atoms with Crippen molar-refractivity contribution in [2.24, 2.45) is 0 Å². The Labute approximate surface area is 124 Å². The average Bonchev–Trinajstić information content (AvgIpc) is 2.82. The van der Waals surface area contributed by atoms with Crippen LogP contribution in [0.1, 0.15) is 18.6 Å². The van der Waals surface area contributed by atoms with Crippen LogP contribution in [0.3, 0.4) is 0 Å². The van der Waals surface area contributed by atoms with Crippen LogP contribution in [-0.4, -0.2) is 10.1 Å². The van der Waals surface area contributed by atoms with Gasteiger partial charge in [0.1, 0.15) is 5.82 Å². The summed E-state index contributed by atoms with van der Waals surface area (Å²) in [5, 5.41) is 9.75. The van der Waals surface area contributed by atoms with E-state index in [-0.39, 0.29) is 5.82 Å². The quantitative estimate of drug-likeness (QED) is 0.765.